The molecule has 32 heavy (non-hydrogen) atoms. The molecule has 2 heterocycles. The zero-order valence-corrected chi connectivity index (χ0v) is 19.2. The van der Waals surface area contributed by atoms with Crippen molar-refractivity contribution in [3.8, 4) is 0 Å². The van der Waals surface area contributed by atoms with Crippen LogP contribution in [0, 0.1) is 17.2 Å². The van der Waals surface area contributed by atoms with Crippen molar-refractivity contribution in [2.45, 2.75) is 39.7 Å². The number of hydrogen-bond donors (Lipinski definition) is 3. The van der Waals surface area contributed by atoms with E-state index in [1.54, 1.807) is 0 Å². The third-order valence-electron chi connectivity index (χ3n) is 6.74. The summed E-state index contributed by atoms with van der Waals surface area (Å²) < 4.78 is 0. The van der Waals surface area contributed by atoms with Crippen molar-refractivity contribution < 1.29 is 4.79 Å². The monoisotopic (exact) mass is 433 g/mol. The van der Waals surface area contributed by atoms with E-state index in [9.17, 15) is 4.79 Å². The average molecular weight is 434 g/mol. The Morgan fingerprint density at radius 1 is 1.03 bits per heavy atom. The van der Waals surface area contributed by atoms with Gasteiger partial charge in [-0.15, -0.1) is 0 Å². The first-order chi connectivity index (χ1) is 15.5. The van der Waals surface area contributed by atoms with Crippen molar-refractivity contribution in [1.82, 2.24) is 10.2 Å². The standard InChI is InChI=1S/C26H35N5O/c1-3-30-18-21(16-25(30)27)26(32)28-17-20-4-6-22(7-5-20)29-23-8-10-24(11-9-23)31-14-12-19(2)13-15-31/h4-11,19,21,27,29H,3,12-18H2,1-2H3,(H,28,32). The number of amidine groups is 1. The summed E-state index contributed by atoms with van der Waals surface area (Å²) in [6, 6.07) is 16.9. The molecule has 0 radical (unpaired) electrons. The van der Waals surface area contributed by atoms with Gasteiger partial charge in [-0.3, -0.25) is 10.2 Å². The first-order valence-electron chi connectivity index (χ1n) is 11.8. The van der Waals surface area contributed by atoms with Crippen LogP contribution in [0.3, 0.4) is 0 Å². The highest BCUT2D eigenvalue weighted by molar-refractivity contribution is 5.90. The maximum atomic E-state index is 12.4. The van der Waals surface area contributed by atoms with E-state index < -0.39 is 0 Å². The van der Waals surface area contributed by atoms with Crippen LogP contribution >= 0.6 is 0 Å². The number of hydrogen-bond acceptors (Lipinski definition) is 4. The minimum atomic E-state index is -0.111. The van der Waals surface area contributed by atoms with Crippen molar-refractivity contribution in [2.24, 2.45) is 11.8 Å². The predicted octanol–water partition coefficient (Wildman–Crippen LogP) is 4.60. The zero-order valence-electron chi connectivity index (χ0n) is 19.2. The molecule has 4 rings (SSSR count). The fourth-order valence-electron chi connectivity index (χ4n) is 4.53. The van der Waals surface area contributed by atoms with Gasteiger partial charge in [0.15, 0.2) is 0 Å². The lowest BCUT2D eigenvalue weighted by Gasteiger charge is -2.32. The molecule has 2 aromatic rings. The Morgan fingerprint density at radius 2 is 1.66 bits per heavy atom. The van der Waals surface area contributed by atoms with E-state index in [2.05, 4.69) is 46.7 Å². The van der Waals surface area contributed by atoms with E-state index >= 15 is 0 Å². The molecule has 1 unspecified atom stereocenters. The number of amides is 1. The highest BCUT2D eigenvalue weighted by Gasteiger charge is 2.30. The van der Waals surface area contributed by atoms with E-state index in [1.807, 2.05) is 36.1 Å². The molecular weight excluding hydrogens is 398 g/mol. The molecule has 170 valence electrons. The minimum absolute atomic E-state index is 0.0381. The van der Waals surface area contributed by atoms with Crippen LogP contribution in [-0.2, 0) is 11.3 Å². The molecular formula is C26H35N5O. The Hall–Kier alpha value is -3.02. The van der Waals surface area contributed by atoms with E-state index in [1.165, 1.54) is 18.5 Å². The number of rotatable bonds is 7. The Kier molecular flexibility index (Phi) is 6.98. The third kappa shape index (κ3) is 5.42. The van der Waals surface area contributed by atoms with Crippen LogP contribution in [0.4, 0.5) is 17.1 Å². The zero-order chi connectivity index (χ0) is 22.5. The normalized spacial score (nSPS) is 19.3. The summed E-state index contributed by atoms with van der Waals surface area (Å²) in [5.74, 6) is 1.34. The molecule has 0 aromatic heterocycles. The molecule has 0 spiro atoms. The number of benzene rings is 2. The summed E-state index contributed by atoms with van der Waals surface area (Å²) in [6.07, 6.45) is 3.08. The summed E-state index contributed by atoms with van der Waals surface area (Å²) >= 11 is 0. The molecule has 3 N–H and O–H groups in total. The largest absolute Gasteiger partial charge is 0.372 e. The first kappa shape index (κ1) is 22.2. The molecule has 1 atom stereocenters. The summed E-state index contributed by atoms with van der Waals surface area (Å²) in [6.45, 7) is 8.60. The molecule has 6 nitrogen and oxygen atoms in total. The van der Waals surface area contributed by atoms with Gasteiger partial charge in [0.1, 0.15) is 0 Å². The number of carbonyl (C=O) groups excluding carboxylic acids is 1. The molecule has 2 saturated heterocycles. The Bertz CT molecular complexity index is 916. The number of likely N-dealkylation sites (tertiary alicyclic amines) is 1. The van der Waals surface area contributed by atoms with Gasteiger partial charge in [-0.05, 0) is 67.6 Å². The predicted molar refractivity (Wildman–Crippen MR) is 132 cm³/mol. The number of anilines is 3. The molecule has 2 aliphatic heterocycles. The van der Waals surface area contributed by atoms with Crippen molar-refractivity contribution in [2.75, 3.05) is 36.4 Å². The van der Waals surface area contributed by atoms with Crippen LogP contribution in [-0.4, -0.2) is 42.8 Å². The number of piperidine rings is 1. The van der Waals surface area contributed by atoms with Gasteiger partial charge in [-0.2, -0.15) is 0 Å². The van der Waals surface area contributed by atoms with Crippen LogP contribution in [0.5, 0.6) is 0 Å². The molecule has 1 amide bonds. The van der Waals surface area contributed by atoms with Gasteiger partial charge >= 0.3 is 0 Å². The molecule has 2 aromatic carbocycles. The first-order valence-corrected chi connectivity index (χ1v) is 11.8. The Labute approximate surface area is 191 Å². The van der Waals surface area contributed by atoms with E-state index in [-0.39, 0.29) is 11.8 Å². The number of carbonyl (C=O) groups is 1. The Morgan fingerprint density at radius 3 is 2.25 bits per heavy atom. The molecule has 6 heteroatoms. The highest BCUT2D eigenvalue weighted by Crippen LogP contribution is 2.25. The van der Waals surface area contributed by atoms with Crippen molar-refractivity contribution in [3.05, 3.63) is 54.1 Å². The van der Waals surface area contributed by atoms with Crippen LogP contribution in [0.15, 0.2) is 48.5 Å². The SMILES string of the molecule is CCN1CC(C(=O)NCc2ccc(Nc3ccc(N4CCC(C)CC4)cc3)cc2)CC1=N. The molecule has 0 saturated carbocycles. The summed E-state index contributed by atoms with van der Waals surface area (Å²) in [4.78, 5) is 16.9. The van der Waals surface area contributed by atoms with Gasteiger partial charge < -0.3 is 20.4 Å². The summed E-state index contributed by atoms with van der Waals surface area (Å²) in [5, 5.41) is 14.4. The lowest BCUT2D eigenvalue weighted by atomic mass is 9.99. The number of nitrogens with one attached hydrogen (secondary N) is 3. The second-order valence-electron chi connectivity index (χ2n) is 9.14. The smallest absolute Gasteiger partial charge is 0.225 e. The Balaban J connectivity index is 1.26. The van der Waals surface area contributed by atoms with E-state index in [4.69, 9.17) is 5.41 Å². The van der Waals surface area contributed by atoms with Gasteiger partial charge in [-0.1, -0.05) is 19.1 Å². The van der Waals surface area contributed by atoms with E-state index in [0.717, 1.165) is 42.5 Å². The van der Waals surface area contributed by atoms with Gasteiger partial charge in [-0.25, -0.2) is 0 Å². The molecule has 0 bridgehead atoms. The highest BCUT2D eigenvalue weighted by atomic mass is 16.1. The van der Waals surface area contributed by atoms with Crippen molar-refractivity contribution in [1.29, 1.82) is 5.41 Å². The van der Waals surface area contributed by atoms with Crippen molar-refractivity contribution >= 4 is 28.8 Å². The molecule has 2 aliphatic rings. The van der Waals surface area contributed by atoms with E-state index in [0.29, 0.717) is 25.3 Å². The van der Waals surface area contributed by atoms with Crippen LogP contribution in [0.25, 0.3) is 0 Å². The maximum Gasteiger partial charge on any atom is 0.225 e. The summed E-state index contributed by atoms with van der Waals surface area (Å²) in [7, 11) is 0. The molecule has 2 fully saturated rings. The third-order valence-corrected chi connectivity index (χ3v) is 6.74. The van der Waals surface area contributed by atoms with Gasteiger partial charge in [0.25, 0.3) is 0 Å². The van der Waals surface area contributed by atoms with Gasteiger partial charge in [0, 0.05) is 56.2 Å². The fourth-order valence-corrected chi connectivity index (χ4v) is 4.53. The number of nitrogens with zero attached hydrogens (tertiary/aromatic N) is 2. The lowest BCUT2D eigenvalue weighted by Crippen LogP contribution is -2.32. The second-order valence-corrected chi connectivity index (χ2v) is 9.14. The fraction of sp³-hybridized carbons (Fsp3) is 0.462. The topological polar surface area (TPSA) is 71.5 Å². The van der Waals surface area contributed by atoms with Crippen LogP contribution in [0.2, 0.25) is 0 Å². The lowest BCUT2D eigenvalue weighted by molar-refractivity contribution is -0.124. The molecule has 0 aliphatic carbocycles. The average Bonchev–Trinajstić information content (AvgIpc) is 3.20. The van der Waals surface area contributed by atoms with Crippen molar-refractivity contribution in [3.63, 3.8) is 0 Å². The van der Waals surface area contributed by atoms with Crippen LogP contribution in [0.1, 0.15) is 38.7 Å². The minimum Gasteiger partial charge on any atom is -0.372 e. The van der Waals surface area contributed by atoms with Gasteiger partial charge in [0.2, 0.25) is 5.91 Å². The van der Waals surface area contributed by atoms with Gasteiger partial charge in [0.05, 0.1) is 11.8 Å². The van der Waals surface area contributed by atoms with Crippen LogP contribution < -0.4 is 15.5 Å². The maximum absolute atomic E-state index is 12.4. The summed E-state index contributed by atoms with van der Waals surface area (Å²) in [5.41, 5.74) is 4.47. The second kappa shape index (κ2) is 10.1. The quantitative estimate of drug-likeness (QED) is 0.597.